The molecule has 0 aliphatic carbocycles. The Morgan fingerprint density at radius 2 is 2.19 bits per heavy atom. The lowest BCUT2D eigenvalue weighted by atomic mass is 10.1. The number of nitrogens with two attached hydrogens (primary N) is 1. The van der Waals surface area contributed by atoms with Gasteiger partial charge in [-0.2, -0.15) is 4.31 Å². The molecule has 1 aliphatic heterocycles. The summed E-state index contributed by atoms with van der Waals surface area (Å²) in [5, 5.41) is 0.0456. The van der Waals surface area contributed by atoms with E-state index in [4.69, 9.17) is 17.3 Å². The zero-order valence-electron chi connectivity index (χ0n) is 11.6. The molecule has 2 N–H and O–H groups in total. The minimum Gasteiger partial charge on any atom is -0.465 e. The number of carbonyl (C=O) groups is 1. The summed E-state index contributed by atoms with van der Waals surface area (Å²) in [6, 6.07) is 3.82. The van der Waals surface area contributed by atoms with Crippen LogP contribution in [0.1, 0.15) is 23.2 Å². The van der Waals surface area contributed by atoms with Gasteiger partial charge in [0, 0.05) is 19.1 Å². The normalized spacial score (nSPS) is 20.2. The van der Waals surface area contributed by atoms with Crippen LogP contribution in [0.4, 0.5) is 0 Å². The largest absolute Gasteiger partial charge is 0.465 e. The molecule has 0 amide bonds. The molecule has 1 aromatic rings. The van der Waals surface area contributed by atoms with E-state index in [0.29, 0.717) is 13.1 Å². The minimum atomic E-state index is -3.65. The summed E-state index contributed by atoms with van der Waals surface area (Å²) in [5.41, 5.74) is 5.95. The number of piperidine rings is 1. The van der Waals surface area contributed by atoms with E-state index < -0.39 is 16.0 Å². The van der Waals surface area contributed by atoms with E-state index in [0.717, 1.165) is 12.8 Å². The quantitative estimate of drug-likeness (QED) is 0.841. The van der Waals surface area contributed by atoms with Crippen LogP contribution in [0.2, 0.25) is 5.02 Å². The Bertz CT molecular complexity index is 648. The van der Waals surface area contributed by atoms with Crippen molar-refractivity contribution in [3.63, 3.8) is 0 Å². The summed E-state index contributed by atoms with van der Waals surface area (Å²) in [6.45, 7) is 0.727. The van der Waals surface area contributed by atoms with Crippen molar-refractivity contribution in [3.05, 3.63) is 28.8 Å². The molecule has 8 heteroatoms. The minimum absolute atomic E-state index is 0.0456. The predicted octanol–water partition coefficient (Wildman–Crippen LogP) is 1.24. The first-order valence-corrected chi connectivity index (χ1v) is 8.31. The number of halogens is 1. The number of methoxy groups -OCH3 is 1. The first-order chi connectivity index (χ1) is 9.86. The Hall–Kier alpha value is -1.15. The average Bonchev–Trinajstić information content (AvgIpc) is 2.46. The highest BCUT2D eigenvalue weighted by molar-refractivity contribution is 7.89. The van der Waals surface area contributed by atoms with E-state index in [1.807, 2.05) is 0 Å². The van der Waals surface area contributed by atoms with Gasteiger partial charge in [-0.25, -0.2) is 13.2 Å². The molecule has 0 spiro atoms. The molecule has 1 unspecified atom stereocenters. The fourth-order valence-corrected chi connectivity index (χ4v) is 4.16. The third-order valence-electron chi connectivity index (χ3n) is 3.40. The summed E-state index contributed by atoms with van der Waals surface area (Å²) in [6.07, 6.45) is 1.54. The maximum Gasteiger partial charge on any atom is 0.339 e. The first-order valence-electron chi connectivity index (χ1n) is 6.50. The van der Waals surface area contributed by atoms with E-state index in [9.17, 15) is 13.2 Å². The van der Waals surface area contributed by atoms with E-state index in [-0.39, 0.29) is 21.5 Å². The van der Waals surface area contributed by atoms with Crippen molar-refractivity contribution in [1.82, 2.24) is 4.31 Å². The van der Waals surface area contributed by atoms with Crippen molar-refractivity contribution < 1.29 is 17.9 Å². The monoisotopic (exact) mass is 332 g/mol. The van der Waals surface area contributed by atoms with E-state index in [1.54, 1.807) is 0 Å². The third kappa shape index (κ3) is 3.37. The van der Waals surface area contributed by atoms with Gasteiger partial charge >= 0.3 is 5.97 Å². The van der Waals surface area contributed by atoms with E-state index in [2.05, 4.69) is 4.74 Å². The molecule has 0 bridgehead atoms. The number of esters is 1. The lowest BCUT2D eigenvalue weighted by molar-refractivity contribution is 0.0601. The molecule has 1 heterocycles. The van der Waals surface area contributed by atoms with Gasteiger partial charge in [0.2, 0.25) is 10.0 Å². The highest BCUT2D eigenvalue weighted by Gasteiger charge is 2.29. The smallest absolute Gasteiger partial charge is 0.339 e. The molecule has 21 heavy (non-hydrogen) atoms. The van der Waals surface area contributed by atoms with Crippen LogP contribution in [0.25, 0.3) is 0 Å². The SMILES string of the molecule is COC(=O)c1ccc(S(=O)(=O)N2CCCC(N)C2)cc1Cl. The summed E-state index contributed by atoms with van der Waals surface area (Å²) in [4.78, 5) is 11.5. The van der Waals surface area contributed by atoms with E-state index in [1.165, 1.54) is 29.6 Å². The molecule has 1 fully saturated rings. The highest BCUT2D eigenvalue weighted by Crippen LogP contribution is 2.25. The Labute approximate surface area is 128 Å². The van der Waals surface area contributed by atoms with Crippen molar-refractivity contribution in [2.45, 2.75) is 23.8 Å². The van der Waals surface area contributed by atoms with Crippen molar-refractivity contribution in [3.8, 4) is 0 Å². The fraction of sp³-hybridized carbons (Fsp3) is 0.462. The van der Waals surface area contributed by atoms with Crippen LogP contribution in [0.3, 0.4) is 0 Å². The molecule has 1 aromatic carbocycles. The van der Waals surface area contributed by atoms with Gasteiger partial charge in [0.05, 0.1) is 22.6 Å². The number of hydrogen-bond donors (Lipinski definition) is 1. The lowest BCUT2D eigenvalue weighted by Gasteiger charge is -2.29. The number of hydrogen-bond acceptors (Lipinski definition) is 5. The summed E-state index contributed by atoms with van der Waals surface area (Å²) in [5.74, 6) is -0.607. The standard InChI is InChI=1S/C13H17ClN2O4S/c1-20-13(17)11-5-4-10(7-12(11)14)21(18,19)16-6-2-3-9(15)8-16/h4-5,7,9H,2-3,6,8,15H2,1H3. The first kappa shape index (κ1) is 16.2. The number of carbonyl (C=O) groups excluding carboxylic acids is 1. The summed E-state index contributed by atoms with van der Waals surface area (Å²) >= 11 is 5.97. The molecule has 0 saturated carbocycles. The molecular weight excluding hydrogens is 316 g/mol. The molecule has 1 saturated heterocycles. The van der Waals surface area contributed by atoms with Gasteiger partial charge in [0.1, 0.15) is 0 Å². The second-order valence-electron chi connectivity index (χ2n) is 4.90. The van der Waals surface area contributed by atoms with Crippen molar-refractivity contribution in [2.75, 3.05) is 20.2 Å². The van der Waals surface area contributed by atoms with Crippen LogP contribution in [0.5, 0.6) is 0 Å². The van der Waals surface area contributed by atoms with Crippen molar-refractivity contribution in [2.24, 2.45) is 5.73 Å². The van der Waals surface area contributed by atoms with Crippen LogP contribution < -0.4 is 5.73 Å². The average molecular weight is 333 g/mol. The number of sulfonamides is 1. The number of rotatable bonds is 3. The van der Waals surface area contributed by atoms with Gasteiger partial charge in [-0.1, -0.05) is 11.6 Å². The maximum absolute atomic E-state index is 12.5. The Morgan fingerprint density at radius 1 is 1.48 bits per heavy atom. The Balaban J connectivity index is 2.32. The van der Waals surface area contributed by atoms with Gasteiger partial charge in [0.25, 0.3) is 0 Å². The summed E-state index contributed by atoms with van der Waals surface area (Å²) in [7, 11) is -2.42. The van der Waals surface area contributed by atoms with Gasteiger partial charge in [0.15, 0.2) is 0 Å². The van der Waals surface area contributed by atoms with Crippen LogP contribution in [0, 0.1) is 0 Å². The maximum atomic E-state index is 12.5. The van der Waals surface area contributed by atoms with Crippen LogP contribution in [-0.2, 0) is 14.8 Å². The van der Waals surface area contributed by atoms with Gasteiger partial charge in [-0.15, -0.1) is 0 Å². The molecule has 6 nitrogen and oxygen atoms in total. The second-order valence-corrected chi connectivity index (χ2v) is 7.24. The van der Waals surface area contributed by atoms with Crippen molar-refractivity contribution >= 4 is 27.6 Å². The fourth-order valence-electron chi connectivity index (χ4n) is 2.27. The molecule has 1 atom stereocenters. The van der Waals surface area contributed by atoms with Gasteiger partial charge in [-0.3, -0.25) is 0 Å². The zero-order valence-corrected chi connectivity index (χ0v) is 13.2. The van der Waals surface area contributed by atoms with Gasteiger partial charge in [-0.05, 0) is 31.0 Å². The highest BCUT2D eigenvalue weighted by atomic mass is 35.5. The molecule has 2 rings (SSSR count). The van der Waals surface area contributed by atoms with E-state index >= 15 is 0 Å². The predicted molar refractivity (Wildman–Crippen MR) is 78.8 cm³/mol. The second kappa shape index (κ2) is 6.31. The summed E-state index contributed by atoms with van der Waals surface area (Å²) < 4.78 is 31.0. The van der Waals surface area contributed by atoms with Gasteiger partial charge < -0.3 is 10.5 Å². The molecule has 0 aromatic heterocycles. The number of nitrogens with zero attached hydrogens (tertiary/aromatic N) is 1. The Kier molecular flexibility index (Phi) is 4.88. The lowest BCUT2D eigenvalue weighted by Crippen LogP contribution is -2.45. The number of ether oxygens (including phenoxy) is 1. The third-order valence-corrected chi connectivity index (χ3v) is 5.58. The van der Waals surface area contributed by atoms with Crippen LogP contribution in [0.15, 0.2) is 23.1 Å². The zero-order chi connectivity index (χ0) is 15.6. The topological polar surface area (TPSA) is 89.7 Å². The van der Waals surface area contributed by atoms with Crippen LogP contribution >= 0.6 is 11.6 Å². The molecule has 1 aliphatic rings. The molecule has 116 valence electrons. The number of benzene rings is 1. The molecule has 0 radical (unpaired) electrons. The van der Waals surface area contributed by atoms with Crippen molar-refractivity contribution in [1.29, 1.82) is 0 Å². The van der Waals surface area contributed by atoms with Crippen LogP contribution in [-0.4, -0.2) is 44.9 Å². The Morgan fingerprint density at radius 3 is 2.76 bits per heavy atom. The molecular formula is C13H17ClN2O4S.